The molecule has 69 heavy (non-hydrogen) atoms. The lowest BCUT2D eigenvalue weighted by Gasteiger charge is -2.28. The average Bonchev–Trinajstić information content (AvgIpc) is 3.72. The van der Waals surface area contributed by atoms with Gasteiger partial charge in [-0.15, -0.1) is 0 Å². The van der Waals surface area contributed by atoms with Crippen molar-refractivity contribution in [2.24, 2.45) is 27.2 Å². The van der Waals surface area contributed by atoms with E-state index in [-0.39, 0.29) is 85.5 Å². The number of carbonyl (C=O) groups is 5. The van der Waals surface area contributed by atoms with Gasteiger partial charge in [-0.1, -0.05) is 67.2 Å². The summed E-state index contributed by atoms with van der Waals surface area (Å²) in [5.74, 6) is -1.82. The molecule has 370 valence electrons. The number of aliphatic carboxylic acids is 1. The van der Waals surface area contributed by atoms with Crippen LogP contribution in [0.2, 0.25) is 0 Å². The first kappa shape index (κ1) is 53.7. The number of rotatable bonds is 24. The number of dihydropyridines is 1. The first-order chi connectivity index (χ1) is 32.7. The van der Waals surface area contributed by atoms with Crippen molar-refractivity contribution < 1.29 is 53.1 Å². The number of nitrogens with zero attached hydrogens (tertiary/aromatic N) is 3. The number of hydrogen-bond acceptors (Lipinski definition) is 15. The molecule has 3 aromatic rings. The van der Waals surface area contributed by atoms with E-state index in [1.807, 2.05) is 19.1 Å². The summed E-state index contributed by atoms with van der Waals surface area (Å²) >= 11 is 1.91. The zero-order valence-electron chi connectivity index (χ0n) is 40.2. The van der Waals surface area contributed by atoms with Gasteiger partial charge < -0.3 is 29.2 Å². The number of nitrogens with one attached hydrogen (secondary N) is 1. The number of hydrogen-bond donors (Lipinski definition) is 3. The third-order valence-electron chi connectivity index (χ3n) is 11.7. The molecule has 3 heterocycles. The second-order valence-corrected chi connectivity index (χ2v) is 20.8. The van der Waals surface area contributed by atoms with E-state index in [2.05, 4.69) is 41.9 Å². The van der Waals surface area contributed by atoms with Crippen LogP contribution in [0.15, 0.2) is 98.4 Å². The number of carboxylic acids is 1. The average molecular weight is 987 g/mol. The monoisotopic (exact) mass is 986 g/mol. The lowest BCUT2D eigenvalue weighted by molar-refractivity contribution is -0.157. The van der Waals surface area contributed by atoms with Gasteiger partial charge in [-0.25, -0.2) is 0 Å². The molecule has 5 atom stereocenters. The van der Waals surface area contributed by atoms with E-state index in [0.717, 1.165) is 51.8 Å². The fourth-order valence-electron chi connectivity index (χ4n) is 7.26. The van der Waals surface area contributed by atoms with Crippen LogP contribution in [0.25, 0.3) is 0 Å². The number of benzene rings is 2. The summed E-state index contributed by atoms with van der Waals surface area (Å²) < 4.78 is 23.9. The number of thiazole rings is 1. The third kappa shape index (κ3) is 15.6. The van der Waals surface area contributed by atoms with Crippen LogP contribution >= 0.6 is 23.1 Å². The summed E-state index contributed by atoms with van der Waals surface area (Å²) in [5.41, 5.74) is 3.02. The third-order valence-corrected chi connectivity index (χ3v) is 13.7. The molecule has 18 heteroatoms. The van der Waals surface area contributed by atoms with E-state index in [4.69, 9.17) is 24.1 Å². The molecule has 1 aromatic heterocycles. The molecule has 0 bridgehead atoms. The highest BCUT2D eigenvalue weighted by atomic mass is 32.2. The molecule has 0 aliphatic carbocycles. The summed E-state index contributed by atoms with van der Waals surface area (Å²) in [6.07, 6.45) is 7.84. The Labute approximate surface area is 410 Å². The number of aromatic nitrogens is 1. The van der Waals surface area contributed by atoms with Crippen LogP contribution in [0.5, 0.6) is 17.4 Å². The molecular formula is C51H62N4O12S2. The first-order valence-corrected chi connectivity index (χ1v) is 24.4. The molecule has 16 nitrogen and oxygen atoms in total. The molecule has 5 rings (SSSR count). The predicted molar refractivity (Wildman–Crippen MR) is 267 cm³/mol. The van der Waals surface area contributed by atoms with Gasteiger partial charge in [0.1, 0.15) is 29.5 Å². The second kappa shape index (κ2) is 24.3. The first-order valence-electron chi connectivity index (χ1n) is 22.7. The number of esters is 2. The predicted octanol–water partition coefficient (Wildman–Crippen LogP) is 8.28. The molecule has 2 aromatic carbocycles. The number of imide groups is 1. The largest absolute Gasteiger partial charge is 0.494 e. The summed E-state index contributed by atoms with van der Waals surface area (Å²) in [5, 5.41) is 22.1. The number of allylic oxidation sites excluding steroid dienone is 3. The number of aliphatic imine (C=N–C) groups is 2. The van der Waals surface area contributed by atoms with E-state index in [0.29, 0.717) is 34.9 Å². The smallest absolute Gasteiger partial charge is 0.311 e. The molecule has 1 fully saturated rings. The molecule has 2 aliphatic rings. The lowest BCUT2D eigenvalue weighted by Crippen LogP contribution is -2.35. The zero-order valence-corrected chi connectivity index (χ0v) is 41.8. The number of carboxylic acid groups (broad SMARTS) is 1. The van der Waals surface area contributed by atoms with E-state index in [1.54, 1.807) is 82.5 Å². The number of aromatic hydroxyl groups is 1. The fraction of sp³-hybridized carbons (Fsp3) is 0.451. The van der Waals surface area contributed by atoms with Crippen molar-refractivity contribution in [2.45, 2.75) is 110 Å². The minimum absolute atomic E-state index is 0.0854. The van der Waals surface area contributed by atoms with Crippen molar-refractivity contribution in [2.75, 3.05) is 19.8 Å². The Hall–Kier alpha value is -6.27. The van der Waals surface area contributed by atoms with Gasteiger partial charge in [0.15, 0.2) is 6.10 Å². The maximum atomic E-state index is 13.1. The molecule has 2 amide bonds. The zero-order chi connectivity index (χ0) is 50.5. The number of ether oxygens (including phenoxy) is 4. The van der Waals surface area contributed by atoms with Crippen LogP contribution < -0.4 is 19.7 Å². The van der Waals surface area contributed by atoms with Crippen molar-refractivity contribution in [3.8, 4) is 17.4 Å². The van der Waals surface area contributed by atoms with Crippen LogP contribution in [0, 0.1) is 17.3 Å². The van der Waals surface area contributed by atoms with Crippen LogP contribution in [0.4, 0.5) is 4.79 Å². The standard InChI is InChI=1S/C51H62N4O12S2/c1-9-40-32(3)24-35(27-53-40)41(67-47(61)50(4,5)6)30-65-39-16-11-33(12-17-39)25-42-45(59)55(49(63)68-42)23-22-37(52-8)15-10-31(2)36(29-66-44(58)21-20-43(56)57)28-64-38-18-13-34(14-19-38)26-51(7)46(60)54-48(62)69-51/h10-19,24,27,32,36,40-41,59H,8-9,20-23,25-26,28-30H2,1-7H3,(H,56,57)(H,54,60,62). The van der Waals surface area contributed by atoms with Crippen molar-refractivity contribution in [3.63, 3.8) is 0 Å². The van der Waals surface area contributed by atoms with Gasteiger partial charge >= 0.3 is 22.8 Å². The van der Waals surface area contributed by atoms with E-state index >= 15 is 0 Å². The second-order valence-electron chi connectivity index (χ2n) is 18.3. The maximum Gasteiger partial charge on any atom is 0.311 e. The Morgan fingerprint density at radius 2 is 1.62 bits per heavy atom. The van der Waals surface area contributed by atoms with Gasteiger partial charge in [0.25, 0.3) is 5.24 Å². The fourth-order valence-corrected chi connectivity index (χ4v) is 9.14. The molecular weight excluding hydrogens is 925 g/mol. The highest BCUT2D eigenvalue weighted by molar-refractivity contribution is 8.16. The molecule has 0 spiro atoms. The van der Waals surface area contributed by atoms with Gasteiger partial charge in [0, 0.05) is 42.8 Å². The Morgan fingerprint density at radius 3 is 2.20 bits per heavy atom. The number of amides is 2. The minimum atomic E-state index is -1.12. The number of thioether (sulfide) groups is 1. The number of carbonyl (C=O) groups excluding carboxylic acids is 4. The quantitative estimate of drug-likeness (QED) is 0.0437. The van der Waals surface area contributed by atoms with Crippen molar-refractivity contribution >= 4 is 65.1 Å². The van der Waals surface area contributed by atoms with Gasteiger partial charge in [-0.2, -0.15) is 0 Å². The van der Waals surface area contributed by atoms with Gasteiger partial charge in [-0.3, -0.25) is 48.6 Å². The molecule has 1 saturated heterocycles. The van der Waals surface area contributed by atoms with Gasteiger partial charge in [-0.05, 0) is 113 Å². The maximum absolute atomic E-state index is 13.1. The molecule has 0 saturated carbocycles. The van der Waals surface area contributed by atoms with Crippen LogP contribution in [-0.4, -0.2) is 93.5 Å². The Morgan fingerprint density at radius 1 is 0.971 bits per heavy atom. The van der Waals surface area contributed by atoms with Crippen LogP contribution in [0.1, 0.15) is 90.2 Å². The lowest BCUT2D eigenvalue weighted by atomic mass is 9.93. The topological polar surface area (TPSA) is 221 Å². The molecule has 2 aliphatic heterocycles. The van der Waals surface area contributed by atoms with E-state index in [1.165, 1.54) is 4.57 Å². The SMILES string of the molecule is C=NC(=CC=C(C)C(COC(=O)CCC(=O)O)COc1ccc(CC2(C)SC(=O)NC2=O)cc1)CCn1c(O)c(Cc2ccc(OCC(OC(=O)C(C)(C)C)C3=CC(C)C(CC)N=C3)cc2)sc1=O. The Kier molecular flexibility index (Phi) is 18.9. The van der Waals surface area contributed by atoms with E-state index in [9.17, 15) is 33.9 Å². The Balaban J connectivity index is 1.20. The van der Waals surface area contributed by atoms with E-state index < -0.39 is 34.1 Å². The van der Waals surface area contributed by atoms with Crippen LogP contribution in [-0.2, 0) is 48.0 Å². The van der Waals surface area contributed by atoms with Crippen molar-refractivity contribution in [3.05, 3.63) is 109 Å². The van der Waals surface area contributed by atoms with Crippen molar-refractivity contribution in [1.29, 1.82) is 0 Å². The molecule has 3 N–H and O–H groups in total. The normalized spacial score (nSPS) is 19.3. The van der Waals surface area contributed by atoms with Gasteiger partial charge in [0.05, 0.1) is 35.8 Å². The summed E-state index contributed by atoms with van der Waals surface area (Å²) in [7, 11) is 0. The Bertz CT molecular complexity index is 2530. The summed E-state index contributed by atoms with van der Waals surface area (Å²) in [6.45, 7) is 17.0. The van der Waals surface area contributed by atoms with Gasteiger partial charge in [0.2, 0.25) is 11.8 Å². The highest BCUT2D eigenvalue weighted by Crippen LogP contribution is 2.35. The molecule has 0 radical (unpaired) electrons. The summed E-state index contributed by atoms with van der Waals surface area (Å²) in [4.78, 5) is 82.4. The minimum Gasteiger partial charge on any atom is -0.494 e. The highest BCUT2D eigenvalue weighted by Gasteiger charge is 2.43. The molecule has 5 unspecified atom stereocenters. The van der Waals surface area contributed by atoms with Crippen molar-refractivity contribution in [1.82, 2.24) is 9.88 Å². The summed E-state index contributed by atoms with van der Waals surface area (Å²) in [6, 6.07) is 14.5. The van der Waals surface area contributed by atoms with Crippen LogP contribution in [0.3, 0.4) is 0 Å².